The molecule has 1 aromatic heterocycles. The van der Waals surface area contributed by atoms with Crippen LogP contribution in [-0.4, -0.2) is 35.8 Å². The zero-order valence-corrected chi connectivity index (χ0v) is 11.7. The molecule has 1 aromatic carbocycles. The fraction of sp³-hybridized carbons (Fsp3) is 0.400. The van der Waals surface area contributed by atoms with Crippen LogP contribution in [0.3, 0.4) is 0 Å². The van der Waals surface area contributed by atoms with Crippen molar-refractivity contribution in [3.8, 4) is 0 Å². The number of carbonyl (C=O) groups is 1. The van der Waals surface area contributed by atoms with Crippen molar-refractivity contribution >= 4 is 16.9 Å². The van der Waals surface area contributed by atoms with Crippen LogP contribution in [0, 0.1) is 0 Å². The summed E-state index contributed by atoms with van der Waals surface area (Å²) in [6.45, 7) is 2.94. The minimum atomic E-state index is -0.242. The Morgan fingerprint density at radius 1 is 1.25 bits per heavy atom. The van der Waals surface area contributed by atoms with E-state index in [9.17, 15) is 4.79 Å². The highest BCUT2D eigenvalue weighted by Gasteiger charge is 2.06. The van der Waals surface area contributed by atoms with Gasteiger partial charge in [0.25, 0.3) is 0 Å². The van der Waals surface area contributed by atoms with E-state index in [2.05, 4.69) is 40.7 Å². The average Bonchev–Trinajstić information content (AvgIpc) is 2.88. The van der Waals surface area contributed by atoms with Crippen molar-refractivity contribution in [2.45, 2.75) is 19.8 Å². The molecule has 2 amide bonds. The summed E-state index contributed by atoms with van der Waals surface area (Å²) >= 11 is 0. The standard InChI is InChI=1S/C15H21N3O2/c1-2-11-4-3-5-13-12(10-18-14(11)13)6-7-16-15(20)17-8-9-19/h3-5,10,18-19H,2,6-9H2,1H3,(H2,16,17,20). The molecule has 20 heavy (non-hydrogen) atoms. The minimum Gasteiger partial charge on any atom is -0.395 e. The number of aryl methyl sites for hydroxylation is 1. The normalized spacial score (nSPS) is 10.7. The van der Waals surface area contributed by atoms with Gasteiger partial charge in [0.2, 0.25) is 0 Å². The van der Waals surface area contributed by atoms with Crippen molar-refractivity contribution in [1.29, 1.82) is 0 Å². The Kier molecular flexibility index (Phi) is 5.01. The number of hydrogen-bond acceptors (Lipinski definition) is 2. The first-order valence-corrected chi connectivity index (χ1v) is 6.96. The molecule has 4 N–H and O–H groups in total. The third-order valence-corrected chi connectivity index (χ3v) is 3.35. The van der Waals surface area contributed by atoms with E-state index in [1.807, 2.05) is 6.20 Å². The van der Waals surface area contributed by atoms with Crippen molar-refractivity contribution in [3.05, 3.63) is 35.5 Å². The highest BCUT2D eigenvalue weighted by atomic mass is 16.3. The molecule has 0 atom stereocenters. The summed E-state index contributed by atoms with van der Waals surface area (Å²) in [5.74, 6) is 0. The molecule has 0 saturated carbocycles. The predicted octanol–water partition coefficient (Wildman–Crippen LogP) is 1.56. The van der Waals surface area contributed by atoms with E-state index in [4.69, 9.17) is 5.11 Å². The molecule has 108 valence electrons. The lowest BCUT2D eigenvalue weighted by molar-refractivity contribution is 0.234. The molecule has 0 aliphatic rings. The van der Waals surface area contributed by atoms with Gasteiger partial charge in [-0.2, -0.15) is 0 Å². The largest absolute Gasteiger partial charge is 0.395 e. The number of aromatic nitrogens is 1. The zero-order chi connectivity index (χ0) is 14.4. The summed E-state index contributed by atoms with van der Waals surface area (Å²) < 4.78 is 0. The number of aromatic amines is 1. The molecule has 5 nitrogen and oxygen atoms in total. The Hall–Kier alpha value is -2.01. The van der Waals surface area contributed by atoms with Gasteiger partial charge in [0.15, 0.2) is 0 Å². The van der Waals surface area contributed by atoms with E-state index in [0.29, 0.717) is 6.54 Å². The summed E-state index contributed by atoms with van der Waals surface area (Å²) in [5, 5.41) is 15.2. The number of hydrogen-bond donors (Lipinski definition) is 4. The number of rotatable bonds is 6. The van der Waals surface area contributed by atoms with E-state index in [-0.39, 0.29) is 19.2 Å². The molecule has 2 aromatic rings. The second-order valence-corrected chi connectivity index (χ2v) is 4.66. The van der Waals surface area contributed by atoms with Crippen LogP contribution in [0.1, 0.15) is 18.1 Å². The van der Waals surface area contributed by atoms with Gasteiger partial charge in [-0.15, -0.1) is 0 Å². The van der Waals surface area contributed by atoms with E-state index in [1.54, 1.807) is 0 Å². The zero-order valence-electron chi connectivity index (χ0n) is 11.7. The first-order valence-electron chi connectivity index (χ1n) is 6.96. The van der Waals surface area contributed by atoms with Gasteiger partial charge in [0.1, 0.15) is 0 Å². The van der Waals surface area contributed by atoms with Gasteiger partial charge in [-0.05, 0) is 24.0 Å². The lowest BCUT2D eigenvalue weighted by Crippen LogP contribution is -2.37. The summed E-state index contributed by atoms with van der Waals surface area (Å²) in [6, 6.07) is 6.06. The molecular formula is C15H21N3O2. The maximum absolute atomic E-state index is 11.4. The molecule has 0 bridgehead atoms. The average molecular weight is 275 g/mol. The monoisotopic (exact) mass is 275 g/mol. The number of urea groups is 1. The molecule has 0 fully saturated rings. The lowest BCUT2D eigenvalue weighted by Gasteiger charge is -2.06. The first-order chi connectivity index (χ1) is 9.76. The molecular weight excluding hydrogens is 254 g/mol. The Bertz CT molecular complexity index is 578. The van der Waals surface area contributed by atoms with E-state index < -0.39 is 0 Å². The van der Waals surface area contributed by atoms with E-state index in [0.717, 1.165) is 12.8 Å². The summed E-state index contributed by atoms with van der Waals surface area (Å²) in [5.41, 5.74) is 3.70. The maximum Gasteiger partial charge on any atom is 0.314 e. The Labute approximate surface area is 118 Å². The van der Waals surface area contributed by atoms with Crippen molar-refractivity contribution < 1.29 is 9.90 Å². The quantitative estimate of drug-likeness (QED) is 0.646. The lowest BCUT2D eigenvalue weighted by atomic mass is 10.1. The van der Waals surface area contributed by atoms with E-state index in [1.165, 1.54) is 22.0 Å². The van der Waals surface area contributed by atoms with Crippen molar-refractivity contribution in [1.82, 2.24) is 15.6 Å². The number of aliphatic hydroxyl groups is 1. The Morgan fingerprint density at radius 3 is 2.80 bits per heavy atom. The van der Waals surface area contributed by atoms with Gasteiger partial charge in [0.05, 0.1) is 6.61 Å². The second-order valence-electron chi connectivity index (χ2n) is 4.66. The van der Waals surface area contributed by atoms with Gasteiger partial charge in [0, 0.05) is 30.2 Å². The number of amides is 2. The van der Waals surface area contributed by atoms with Gasteiger partial charge in [-0.25, -0.2) is 4.79 Å². The van der Waals surface area contributed by atoms with Crippen LogP contribution in [0.15, 0.2) is 24.4 Å². The number of nitrogens with one attached hydrogen (secondary N) is 3. The third kappa shape index (κ3) is 3.30. The van der Waals surface area contributed by atoms with Crippen LogP contribution in [0.25, 0.3) is 10.9 Å². The fourth-order valence-corrected chi connectivity index (χ4v) is 2.32. The number of para-hydroxylation sites is 1. The van der Waals surface area contributed by atoms with Crippen LogP contribution in [0.5, 0.6) is 0 Å². The van der Waals surface area contributed by atoms with Crippen molar-refractivity contribution in [3.63, 3.8) is 0 Å². The van der Waals surface area contributed by atoms with Crippen LogP contribution >= 0.6 is 0 Å². The van der Waals surface area contributed by atoms with Gasteiger partial charge >= 0.3 is 6.03 Å². The number of H-pyrrole nitrogens is 1. The number of benzene rings is 1. The van der Waals surface area contributed by atoms with Crippen LogP contribution in [-0.2, 0) is 12.8 Å². The second kappa shape index (κ2) is 6.96. The Balaban J connectivity index is 1.95. The summed E-state index contributed by atoms with van der Waals surface area (Å²) in [4.78, 5) is 14.7. The molecule has 0 aliphatic carbocycles. The third-order valence-electron chi connectivity index (χ3n) is 3.35. The summed E-state index contributed by atoms with van der Waals surface area (Å²) in [6.07, 6.45) is 3.79. The fourth-order valence-electron chi connectivity index (χ4n) is 2.32. The molecule has 0 saturated heterocycles. The van der Waals surface area contributed by atoms with Crippen LogP contribution in [0.4, 0.5) is 4.79 Å². The number of aliphatic hydroxyl groups excluding tert-OH is 1. The van der Waals surface area contributed by atoms with Crippen LogP contribution < -0.4 is 10.6 Å². The van der Waals surface area contributed by atoms with Gasteiger partial charge in [-0.3, -0.25) is 0 Å². The topological polar surface area (TPSA) is 77.2 Å². The maximum atomic E-state index is 11.4. The molecule has 0 unspecified atom stereocenters. The van der Waals surface area contributed by atoms with Gasteiger partial charge in [-0.1, -0.05) is 25.1 Å². The molecule has 5 heteroatoms. The van der Waals surface area contributed by atoms with Crippen molar-refractivity contribution in [2.24, 2.45) is 0 Å². The smallest absolute Gasteiger partial charge is 0.314 e. The molecule has 2 rings (SSSR count). The van der Waals surface area contributed by atoms with Gasteiger partial charge < -0.3 is 20.7 Å². The number of carbonyl (C=O) groups excluding carboxylic acids is 1. The Morgan fingerprint density at radius 2 is 2.05 bits per heavy atom. The highest BCUT2D eigenvalue weighted by Crippen LogP contribution is 2.22. The molecule has 0 radical (unpaired) electrons. The summed E-state index contributed by atoms with van der Waals surface area (Å²) in [7, 11) is 0. The molecule has 0 aliphatic heterocycles. The van der Waals surface area contributed by atoms with E-state index >= 15 is 0 Å². The van der Waals surface area contributed by atoms with Crippen LogP contribution in [0.2, 0.25) is 0 Å². The number of fused-ring (bicyclic) bond motifs is 1. The molecule has 0 spiro atoms. The molecule has 1 heterocycles. The predicted molar refractivity (Wildman–Crippen MR) is 79.9 cm³/mol. The first kappa shape index (κ1) is 14.4. The van der Waals surface area contributed by atoms with Crippen molar-refractivity contribution in [2.75, 3.05) is 19.7 Å². The minimum absolute atomic E-state index is 0.0460. The highest BCUT2D eigenvalue weighted by molar-refractivity contribution is 5.86. The SMILES string of the molecule is CCc1cccc2c(CCNC(=O)NCCO)c[nH]c12.